The maximum absolute atomic E-state index is 14.8. The molecule has 4 rings (SSSR count). The Morgan fingerprint density at radius 1 is 0.828 bits per heavy atom. The normalized spacial score (nSPS) is 19.3. The number of rotatable bonds is 3. The summed E-state index contributed by atoms with van der Waals surface area (Å²) in [7, 11) is 0. The molecule has 0 amide bonds. The Kier molecular flexibility index (Phi) is 5.33. The minimum Gasteiger partial charge on any atom is -0.505 e. The van der Waals surface area contributed by atoms with Crippen LogP contribution in [0.1, 0.15) is 31.4 Å². The maximum atomic E-state index is 14.8. The molecule has 0 aliphatic carbocycles. The summed E-state index contributed by atoms with van der Waals surface area (Å²) in [4.78, 5) is 0. The average Bonchev–Trinajstić information content (AvgIpc) is 2.73. The molecule has 5 heteroatoms. The molecule has 0 aromatic heterocycles. The molecule has 0 saturated carbocycles. The van der Waals surface area contributed by atoms with E-state index in [9.17, 15) is 18.3 Å². The van der Waals surface area contributed by atoms with Gasteiger partial charge >= 0.3 is 0 Å². The second-order valence-corrected chi connectivity index (χ2v) is 7.58. The van der Waals surface area contributed by atoms with Crippen LogP contribution in [0, 0.1) is 23.4 Å². The van der Waals surface area contributed by atoms with E-state index < -0.39 is 17.4 Å². The molecule has 3 aromatic carbocycles. The second-order valence-electron chi connectivity index (χ2n) is 7.58. The highest BCUT2D eigenvalue weighted by molar-refractivity contribution is 5.71. The van der Waals surface area contributed by atoms with Gasteiger partial charge in [-0.3, -0.25) is 0 Å². The standard InChI is InChI=1S/C24H21F3O2/c1-14-2-11-22(29-13-14)17-7-8-18(20(25)12-17)15-3-5-16(6-4-15)19-9-10-21(28)24(27)23(19)26/h3-10,12,14,22,28H,2,11,13H2,1H3. The fraction of sp³-hybridized carbons (Fsp3) is 0.250. The molecule has 2 unspecified atom stereocenters. The quantitative estimate of drug-likeness (QED) is 0.536. The van der Waals surface area contributed by atoms with Gasteiger partial charge in [-0.1, -0.05) is 43.3 Å². The maximum Gasteiger partial charge on any atom is 0.200 e. The Bertz CT molecular complexity index is 1020. The Morgan fingerprint density at radius 3 is 2.10 bits per heavy atom. The predicted molar refractivity (Wildman–Crippen MR) is 106 cm³/mol. The zero-order valence-corrected chi connectivity index (χ0v) is 16.0. The van der Waals surface area contributed by atoms with E-state index in [1.165, 1.54) is 12.1 Å². The van der Waals surface area contributed by atoms with Gasteiger partial charge in [-0.15, -0.1) is 0 Å². The predicted octanol–water partition coefficient (Wildman–Crippen LogP) is 6.63. The lowest BCUT2D eigenvalue weighted by Crippen LogP contribution is -2.18. The van der Waals surface area contributed by atoms with Crippen molar-refractivity contribution in [2.45, 2.75) is 25.9 Å². The molecular weight excluding hydrogens is 377 g/mol. The third-order valence-corrected chi connectivity index (χ3v) is 5.44. The molecule has 1 aliphatic rings. The first kappa shape index (κ1) is 19.5. The van der Waals surface area contributed by atoms with E-state index in [0.717, 1.165) is 24.5 Å². The van der Waals surface area contributed by atoms with Gasteiger partial charge in [-0.05, 0) is 53.6 Å². The number of hydrogen-bond acceptors (Lipinski definition) is 2. The van der Waals surface area contributed by atoms with Crippen LogP contribution < -0.4 is 0 Å². The Morgan fingerprint density at radius 2 is 1.48 bits per heavy atom. The number of aromatic hydroxyl groups is 1. The average molecular weight is 398 g/mol. The summed E-state index contributed by atoms with van der Waals surface area (Å²) < 4.78 is 48.3. The largest absolute Gasteiger partial charge is 0.505 e. The van der Waals surface area contributed by atoms with Crippen molar-refractivity contribution < 1.29 is 23.0 Å². The SMILES string of the molecule is CC1CCC(c2ccc(-c3ccc(-c4ccc(O)c(F)c4F)cc3)c(F)c2)OC1. The van der Waals surface area contributed by atoms with E-state index in [1.807, 2.05) is 6.07 Å². The summed E-state index contributed by atoms with van der Waals surface area (Å²) in [6, 6.07) is 14.1. The van der Waals surface area contributed by atoms with Crippen LogP contribution in [-0.4, -0.2) is 11.7 Å². The first-order chi connectivity index (χ1) is 13.9. The summed E-state index contributed by atoms with van der Waals surface area (Å²) in [5.41, 5.74) is 2.37. The Hall–Kier alpha value is -2.79. The molecule has 1 saturated heterocycles. The van der Waals surface area contributed by atoms with Gasteiger partial charge in [0, 0.05) is 17.7 Å². The van der Waals surface area contributed by atoms with Gasteiger partial charge in [0.25, 0.3) is 0 Å². The van der Waals surface area contributed by atoms with Gasteiger partial charge in [0.1, 0.15) is 5.82 Å². The van der Waals surface area contributed by atoms with Crippen molar-refractivity contribution in [1.82, 2.24) is 0 Å². The van der Waals surface area contributed by atoms with Crippen LogP contribution in [0.15, 0.2) is 54.6 Å². The molecule has 1 aliphatic heterocycles. The van der Waals surface area contributed by atoms with E-state index in [0.29, 0.717) is 29.2 Å². The lowest BCUT2D eigenvalue weighted by Gasteiger charge is -2.27. The van der Waals surface area contributed by atoms with E-state index in [1.54, 1.807) is 30.3 Å². The molecule has 0 radical (unpaired) electrons. The van der Waals surface area contributed by atoms with E-state index >= 15 is 0 Å². The summed E-state index contributed by atoms with van der Waals surface area (Å²) in [5.74, 6) is -2.95. The van der Waals surface area contributed by atoms with Crippen molar-refractivity contribution in [3.63, 3.8) is 0 Å². The number of phenols is 1. The highest BCUT2D eigenvalue weighted by Crippen LogP contribution is 2.34. The Balaban J connectivity index is 1.59. The van der Waals surface area contributed by atoms with Crippen molar-refractivity contribution in [3.05, 3.63) is 77.6 Å². The van der Waals surface area contributed by atoms with Crippen LogP contribution in [-0.2, 0) is 4.74 Å². The molecule has 1 heterocycles. The molecule has 0 bridgehead atoms. The highest BCUT2D eigenvalue weighted by atomic mass is 19.2. The minimum atomic E-state index is -1.28. The number of hydrogen-bond donors (Lipinski definition) is 1. The Labute approximate surface area is 167 Å². The van der Waals surface area contributed by atoms with Crippen molar-refractivity contribution in [2.75, 3.05) is 6.61 Å². The number of benzene rings is 3. The topological polar surface area (TPSA) is 29.5 Å². The first-order valence-corrected chi connectivity index (χ1v) is 9.63. The van der Waals surface area contributed by atoms with E-state index in [2.05, 4.69) is 6.92 Å². The molecular formula is C24H21F3O2. The third-order valence-electron chi connectivity index (χ3n) is 5.44. The lowest BCUT2D eigenvalue weighted by atomic mass is 9.94. The molecule has 1 N–H and O–H groups in total. The third kappa shape index (κ3) is 3.87. The van der Waals surface area contributed by atoms with Gasteiger partial charge < -0.3 is 9.84 Å². The second kappa shape index (κ2) is 7.91. The van der Waals surface area contributed by atoms with Gasteiger partial charge in [-0.2, -0.15) is 4.39 Å². The molecule has 29 heavy (non-hydrogen) atoms. The zero-order valence-electron chi connectivity index (χ0n) is 16.0. The van der Waals surface area contributed by atoms with Gasteiger partial charge in [0.05, 0.1) is 6.10 Å². The van der Waals surface area contributed by atoms with Crippen LogP contribution in [0.25, 0.3) is 22.3 Å². The van der Waals surface area contributed by atoms with E-state index in [-0.39, 0.29) is 17.5 Å². The van der Waals surface area contributed by atoms with Crippen LogP contribution in [0.3, 0.4) is 0 Å². The lowest BCUT2D eigenvalue weighted by molar-refractivity contribution is -0.0125. The van der Waals surface area contributed by atoms with Gasteiger partial charge in [-0.25, -0.2) is 8.78 Å². The molecule has 1 fully saturated rings. The summed E-state index contributed by atoms with van der Waals surface area (Å²) in [6.45, 7) is 2.83. The smallest absolute Gasteiger partial charge is 0.200 e. The number of ether oxygens (including phenoxy) is 1. The highest BCUT2D eigenvalue weighted by Gasteiger charge is 2.21. The zero-order chi connectivity index (χ0) is 20.5. The number of halogens is 3. The summed E-state index contributed by atoms with van der Waals surface area (Å²) >= 11 is 0. The molecule has 2 nitrogen and oxygen atoms in total. The van der Waals surface area contributed by atoms with Crippen LogP contribution in [0.5, 0.6) is 5.75 Å². The monoisotopic (exact) mass is 398 g/mol. The molecule has 2 atom stereocenters. The van der Waals surface area contributed by atoms with Crippen molar-refractivity contribution >= 4 is 0 Å². The van der Waals surface area contributed by atoms with Crippen molar-refractivity contribution in [2.24, 2.45) is 5.92 Å². The molecule has 0 spiro atoms. The number of phenolic OH excluding ortho intramolecular Hbond substituents is 1. The fourth-order valence-electron chi connectivity index (χ4n) is 3.70. The van der Waals surface area contributed by atoms with Crippen LogP contribution >= 0.6 is 0 Å². The van der Waals surface area contributed by atoms with Crippen LogP contribution in [0.4, 0.5) is 13.2 Å². The summed E-state index contributed by atoms with van der Waals surface area (Å²) in [5, 5.41) is 9.26. The minimum absolute atomic E-state index is 0.0337. The summed E-state index contributed by atoms with van der Waals surface area (Å²) in [6.07, 6.45) is 1.86. The van der Waals surface area contributed by atoms with Gasteiger partial charge in [0.2, 0.25) is 5.82 Å². The molecule has 3 aromatic rings. The van der Waals surface area contributed by atoms with Crippen molar-refractivity contribution in [1.29, 1.82) is 0 Å². The van der Waals surface area contributed by atoms with Crippen LogP contribution in [0.2, 0.25) is 0 Å². The fourth-order valence-corrected chi connectivity index (χ4v) is 3.70. The molecule has 150 valence electrons. The van der Waals surface area contributed by atoms with Gasteiger partial charge in [0.15, 0.2) is 11.6 Å². The van der Waals surface area contributed by atoms with Crippen molar-refractivity contribution in [3.8, 4) is 28.0 Å². The first-order valence-electron chi connectivity index (χ1n) is 9.63. The van der Waals surface area contributed by atoms with E-state index in [4.69, 9.17) is 4.74 Å².